The fourth-order valence-corrected chi connectivity index (χ4v) is 8.45. The molecule has 1 amide bonds. The summed E-state index contributed by atoms with van der Waals surface area (Å²) in [6.07, 6.45) is 16.2. The van der Waals surface area contributed by atoms with Crippen molar-refractivity contribution >= 4 is 17.5 Å². The van der Waals surface area contributed by atoms with Crippen molar-refractivity contribution in [2.24, 2.45) is 34.5 Å². The van der Waals surface area contributed by atoms with Crippen molar-refractivity contribution in [3.63, 3.8) is 0 Å². The van der Waals surface area contributed by atoms with Gasteiger partial charge in [0.2, 0.25) is 5.91 Å². The Kier molecular flexibility index (Phi) is 25.6. The average molecular weight is 749 g/mol. The van der Waals surface area contributed by atoms with Crippen LogP contribution < -0.4 is 5.32 Å². The number of piperidine rings is 3. The third-order valence-corrected chi connectivity index (χ3v) is 12.3. The molecule has 1 N–H and O–H groups in total. The van der Waals surface area contributed by atoms with Gasteiger partial charge in [-0.2, -0.15) is 0 Å². The maximum atomic E-state index is 11.8. The second-order valence-corrected chi connectivity index (χ2v) is 17.7. The molecular weight excluding hydrogens is 661 g/mol. The number of ketones is 2. The Morgan fingerprint density at radius 1 is 0.642 bits per heavy atom. The highest BCUT2D eigenvalue weighted by atomic mass is 16.5. The van der Waals surface area contributed by atoms with E-state index in [1.54, 1.807) is 7.05 Å². The van der Waals surface area contributed by atoms with Crippen LogP contribution in [-0.4, -0.2) is 111 Å². The van der Waals surface area contributed by atoms with E-state index in [0.29, 0.717) is 29.6 Å². The standard InChI is InChI=1S/C20H36N2O3.C20H38N2O.C3H8.C2H6/c1-16(2)18(23)6-14-25-15-13-22-11-9-20(10-12-22)7-4-17(5-8-20)19(24)21-3;1-17(2)16-22-14-9-20(10-15-22)7-12-21(13-8-20)11-5-6-19(23)18(3)4;1-3-2;1-2/h16-17H,4-15H2,1-3H3,(H,21,24);17-18H,5-16H2,1-4H3;3H2,1-2H3;1-2H3. The zero-order valence-electron chi connectivity index (χ0n) is 37.0. The SMILES string of the molecule is CC.CC(C)CN1CCC2(CCN(CCCC(=O)C(C)C)CC2)CC1.CCC.CNC(=O)C1CCC2(CC1)CCN(CCOCCC(=O)C(C)C)CC2. The molecule has 4 aliphatic rings. The first-order valence-corrected chi connectivity index (χ1v) is 22.3. The molecule has 0 atom stereocenters. The molecular formula is C45H88N4O4. The summed E-state index contributed by atoms with van der Waals surface area (Å²) < 4.78 is 5.64. The minimum atomic E-state index is 0.111. The van der Waals surface area contributed by atoms with Gasteiger partial charge in [0.25, 0.3) is 0 Å². The van der Waals surface area contributed by atoms with Crippen LogP contribution in [0, 0.1) is 34.5 Å². The number of nitrogens with one attached hydrogen (secondary N) is 1. The van der Waals surface area contributed by atoms with Crippen LogP contribution in [0.15, 0.2) is 0 Å². The molecule has 4 rings (SSSR count). The molecule has 4 fully saturated rings. The maximum absolute atomic E-state index is 11.8. The largest absolute Gasteiger partial charge is 0.380 e. The highest BCUT2D eigenvalue weighted by molar-refractivity contribution is 5.80. The summed E-state index contributed by atoms with van der Waals surface area (Å²) in [5.41, 5.74) is 1.11. The number of hydrogen-bond donors (Lipinski definition) is 1. The van der Waals surface area contributed by atoms with Crippen molar-refractivity contribution in [2.45, 2.75) is 159 Å². The van der Waals surface area contributed by atoms with Gasteiger partial charge in [0, 0.05) is 50.7 Å². The van der Waals surface area contributed by atoms with Gasteiger partial charge < -0.3 is 24.8 Å². The molecule has 0 radical (unpaired) electrons. The highest BCUT2D eigenvalue weighted by Gasteiger charge is 2.40. The molecule has 0 unspecified atom stereocenters. The second-order valence-electron chi connectivity index (χ2n) is 17.7. The van der Waals surface area contributed by atoms with Gasteiger partial charge in [-0.15, -0.1) is 0 Å². The number of rotatable bonds is 15. The zero-order valence-corrected chi connectivity index (χ0v) is 37.0. The summed E-state index contributed by atoms with van der Waals surface area (Å²) in [7, 11) is 1.74. The molecule has 8 heteroatoms. The summed E-state index contributed by atoms with van der Waals surface area (Å²) in [6, 6.07) is 0. The molecule has 1 saturated carbocycles. The molecule has 0 aromatic carbocycles. The van der Waals surface area contributed by atoms with Crippen molar-refractivity contribution < 1.29 is 19.1 Å². The van der Waals surface area contributed by atoms with Crippen molar-refractivity contribution in [3.05, 3.63) is 0 Å². The Morgan fingerprint density at radius 2 is 1.06 bits per heavy atom. The first kappa shape index (κ1) is 49.7. The van der Waals surface area contributed by atoms with Gasteiger partial charge in [-0.1, -0.05) is 75.7 Å². The summed E-state index contributed by atoms with van der Waals surface area (Å²) in [6.45, 7) is 32.8. The Hall–Kier alpha value is -1.35. The monoisotopic (exact) mass is 749 g/mol. The second kappa shape index (κ2) is 27.3. The van der Waals surface area contributed by atoms with Crippen LogP contribution in [0.2, 0.25) is 0 Å². The number of nitrogens with zero attached hydrogens (tertiary/aromatic N) is 3. The van der Waals surface area contributed by atoms with Gasteiger partial charge in [-0.3, -0.25) is 14.4 Å². The lowest BCUT2D eigenvalue weighted by atomic mass is 9.65. The van der Waals surface area contributed by atoms with Gasteiger partial charge in [0.1, 0.15) is 11.6 Å². The Balaban J connectivity index is 0.000000474. The van der Waals surface area contributed by atoms with Gasteiger partial charge in [-0.05, 0) is 133 Å². The van der Waals surface area contributed by atoms with E-state index >= 15 is 0 Å². The van der Waals surface area contributed by atoms with Gasteiger partial charge in [0.15, 0.2) is 0 Å². The minimum Gasteiger partial charge on any atom is -0.380 e. The van der Waals surface area contributed by atoms with Crippen LogP contribution in [0.25, 0.3) is 0 Å². The van der Waals surface area contributed by atoms with E-state index in [9.17, 15) is 14.4 Å². The molecule has 3 heterocycles. The highest BCUT2D eigenvalue weighted by Crippen LogP contribution is 2.46. The molecule has 2 spiro atoms. The summed E-state index contributed by atoms with van der Waals surface area (Å²) in [5.74, 6) is 2.27. The Bertz CT molecular complexity index is 963. The van der Waals surface area contributed by atoms with Crippen LogP contribution in [0.3, 0.4) is 0 Å². The lowest BCUT2D eigenvalue weighted by Gasteiger charge is -2.47. The van der Waals surface area contributed by atoms with Crippen molar-refractivity contribution in [1.29, 1.82) is 0 Å². The normalized spacial score (nSPS) is 20.6. The van der Waals surface area contributed by atoms with E-state index < -0.39 is 0 Å². The molecule has 312 valence electrons. The van der Waals surface area contributed by atoms with Crippen LogP contribution in [0.5, 0.6) is 0 Å². The predicted molar refractivity (Wildman–Crippen MR) is 224 cm³/mol. The number of carbonyl (C=O) groups is 3. The van der Waals surface area contributed by atoms with E-state index in [4.69, 9.17) is 4.74 Å². The molecule has 3 aliphatic heterocycles. The van der Waals surface area contributed by atoms with Crippen LogP contribution in [-0.2, 0) is 19.1 Å². The van der Waals surface area contributed by atoms with E-state index in [-0.39, 0.29) is 29.4 Å². The van der Waals surface area contributed by atoms with Crippen molar-refractivity contribution in [2.75, 3.05) is 79.2 Å². The smallest absolute Gasteiger partial charge is 0.222 e. The van der Waals surface area contributed by atoms with Crippen LogP contribution >= 0.6 is 0 Å². The van der Waals surface area contributed by atoms with E-state index in [0.717, 1.165) is 64.4 Å². The predicted octanol–water partition coefficient (Wildman–Crippen LogP) is 8.90. The number of Topliss-reactive ketones (excluding diaryl/α,β-unsaturated/α-hetero) is 2. The third kappa shape index (κ3) is 19.4. The number of hydrogen-bond acceptors (Lipinski definition) is 7. The van der Waals surface area contributed by atoms with E-state index in [1.165, 1.54) is 90.5 Å². The minimum absolute atomic E-state index is 0.111. The molecule has 53 heavy (non-hydrogen) atoms. The zero-order chi connectivity index (χ0) is 39.9. The number of amides is 1. The number of carbonyl (C=O) groups excluding carboxylic acids is 3. The van der Waals surface area contributed by atoms with Crippen molar-refractivity contribution in [1.82, 2.24) is 20.0 Å². The quantitative estimate of drug-likeness (QED) is 0.168. The molecule has 8 nitrogen and oxygen atoms in total. The van der Waals surface area contributed by atoms with Crippen LogP contribution in [0.4, 0.5) is 0 Å². The molecule has 1 aliphatic carbocycles. The fraction of sp³-hybridized carbons (Fsp3) is 0.933. The number of likely N-dealkylation sites (tertiary alicyclic amines) is 3. The van der Waals surface area contributed by atoms with Gasteiger partial charge in [-0.25, -0.2) is 0 Å². The molecule has 3 saturated heterocycles. The van der Waals surface area contributed by atoms with Gasteiger partial charge in [0.05, 0.1) is 13.2 Å². The summed E-state index contributed by atoms with van der Waals surface area (Å²) >= 11 is 0. The molecule has 0 bridgehead atoms. The van der Waals surface area contributed by atoms with E-state index in [1.807, 2.05) is 41.5 Å². The Morgan fingerprint density at radius 3 is 1.49 bits per heavy atom. The lowest BCUT2D eigenvalue weighted by Crippen LogP contribution is -2.47. The Labute approximate surface area is 328 Å². The first-order chi connectivity index (χ1) is 25.3. The lowest BCUT2D eigenvalue weighted by molar-refractivity contribution is -0.127. The topological polar surface area (TPSA) is 82.2 Å². The maximum Gasteiger partial charge on any atom is 0.222 e. The average Bonchev–Trinajstić information content (AvgIpc) is 3.15. The summed E-state index contributed by atoms with van der Waals surface area (Å²) in [5, 5.41) is 2.80. The first-order valence-electron chi connectivity index (χ1n) is 22.3. The summed E-state index contributed by atoms with van der Waals surface area (Å²) in [4.78, 5) is 42.8. The van der Waals surface area contributed by atoms with Gasteiger partial charge >= 0.3 is 0 Å². The van der Waals surface area contributed by atoms with Crippen molar-refractivity contribution in [3.8, 4) is 0 Å². The molecule has 0 aromatic heterocycles. The van der Waals surface area contributed by atoms with E-state index in [2.05, 4.69) is 47.7 Å². The fourth-order valence-electron chi connectivity index (χ4n) is 8.45. The number of ether oxygens (including phenoxy) is 1. The molecule has 0 aromatic rings. The third-order valence-electron chi connectivity index (χ3n) is 12.3. The van der Waals surface area contributed by atoms with Crippen LogP contribution in [0.1, 0.15) is 159 Å².